The Labute approximate surface area is 240 Å². The number of ether oxygens (including phenoxy) is 3. The van der Waals surface area contributed by atoms with Crippen molar-refractivity contribution in [3.63, 3.8) is 0 Å². The van der Waals surface area contributed by atoms with Gasteiger partial charge in [-0.25, -0.2) is 0 Å². The molecular formula is C30H38N4O7. The first kappa shape index (κ1) is 31.0. The molecule has 3 amide bonds. The number of aromatic nitrogens is 1. The zero-order valence-electron chi connectivity index (χ0n) is 24.6. The maximum Gasteiger partial charge on any atom is 0.248 e. The van der Waals surface area contributed by atoms with Gasteiger partial charge in [0.05, 0.1) is 21.3 Å². The largest absolute Gasteiger partial charge is 0.497 e. The molecule has 0 radical (unpaired) electrons. The van der Waals surface area contributed by atoms with E-state index >= 15 is 0 Å². The van der Waals surface area contributed by atoms with E-state index in [2.05, 4.69) is 15.8 Å². The molecule has 0 spiro atoms. The van der Waals surface area contributed by atoms with E-state index < -0.39 is 29.3 Å². The molecule has 11 nitrogen and oxygen atoms in total. The van der Waals surface area contributed by atoms with Crippen LogP contribution in [0.1, 0.15) is 56.5 Å². The van der Waals surface area contributed by atoms with E-state index in [0.717, 1.165) is 5.56 Å². The van der Waals surface area contributed by atoms with Crippen LogP contribution in [-0.4, -0.2) is 54.6 Å². The van der Waals surface area contributed by atoms with E-state index in [1.807, 2.05) is 32.9 Å². The Hall–Kier alpha value is -4.54. The lowest BCUT2D eigenvalue weighted by molar-refractivity contribution is -0.142. The predicted molar refractivity (Wildman–Crippen MR) is 153 cm³/mol. The van der Waals surface area contributed by atoms with Gasteiger partial charge < -0.3 is 34.3 Å². The molecule has 11 heteroatoms. The van der Waals surface area contributed by atoms with Gasteiger partial charge in [0.1, 0.15) is 17.6 Å². The first-order chi connectivity index (χ1) is 19.4. The van der Waals surface area contributed by atoms with Gasteiger partial charge in [0, 0.05) is 36.6 Å². The average molecular weight is 567 g/mol. The number of benzene rings is 2. The van der Waals surface area contributed by atoms with Crippen LogP contribution in [0.25, 0.3) is 0 Å². The van der Waals surface area contributed by atoms with Gasteiger partial charge in [-0.15, -0.1) is 0 Å². The fraction of sp³-hybridized carbons (Fsp3) is 0.400. The summed E-state index contributed by atoms with van der Waals surface area (Å²) >= 11 is 0. The number of nitrogens with zero attached hydrogens (tertiary/aromatic N) is 2. The van der Waals surface area contributed by atoms with Crippen LogP contribution in [0.15, 0.2) is 53.1 Å². The number of hydrogen-bond donors (Lipinski definition) is 2. The van der Waals surface area contributed by atoms with Crippen molar-refractivity contribution in [3.8, 4) is 17.2 Å². The Kier molecular flexibility index (Phi) is 10.3. The Balaban J connectivity index is 2.02. The predicted octanol–water partition coefficient (Wildman–Crippen LogP) is 4.41. The standard InChI is InChI=1S/C30H38N4O7/c1-19-17-24(33-41-19)31-25(35)15-16-26(36)34(18-20-11-13-21(38-5)14-12-20)27(29(37)32-30(2,3)4)22-9-8-10-23(39-6)28(22)40-7/h8-14,17,27H,15-16,18H2,1-7H3,(H,32,37)(H,31,33,35)/t27-/m1/s1. The molecule has 0 saturated carbocycles. The average Bonchev–Trinajstić information content (AvgIpc) is 3.34. The Morgan fingerprint density at radius 3 is 2.24 bits per heavy atom. The molecule has 1 atom stereocenters. The molecule has 0 aliphatic rings. The van der Waals surface area contributed by atoms with Gasteiger partial charge in [-0.1, -0.05) is 29.4 Å². The minimum atomic E-state index is -1.10. The Bertz CT molecular complexity index is 1350. The maximum absolute atomic E-state index is 13.9. The van der Waals surface area contributed by atoms with Crippen molar-refractivity contribution < 1.29 is 33.1 Å². The highest BCUT2D eigenvalue weighted by Crippen LogP contribution is 2.38. The van der Waals surface area contributed by atoms with Gasteiger partial charge >= 0.3 is 0 Å². The first-order valence-corrected chi connectivity index (χ1v) is 13.1. The van der Waals surface area contributed by atoms with Crippen LogP contribution >= 0.6 is 0 Å². The lowest BCUT2D eigenvalue weighted by Crippen LogP contribution is -2.49. The molecule has 0 bridgehead atoms. The lowest BCUT2D eigenvalue weighted by Gasteiger charge is -2.34. The van der Waals surface area contributed by atoms with Crippen molar-refractivity contribution in [2.24, 2.45) is 0 Å². The number of amides is 3. The number of methoxy groups -OCH3 is 3. The van der Waals surface area contributed by atoms with Crippen molar-refractivity contribution in [3.05, 3.63) is 65.4 Å². The quantitative estimate of drug-likeness (QED) is 0.330. The lowest BCUT2D eigenvalue weighted by atomic mass is 9.98. The van der Waals surface area contributed by atoms with Gasteiger partial charge in [-0.2, -0.15) is 0 Å². The Morgan fingerprint density at radius 1 is 0.976 bits per heavy atom. The zero-order chi connectivity index (χ0) is 30.2. The van der Waals surface area contributed by atoms with Gasteiger partial charge in [-0.3, -0.25) is 14.4 Å². The molecule has 1 aromatic heterocycles. The first-order valence-electron chi connectivity index (χ1n) is 13.1. The van der Waals surface area contributed by atoms with Gasteiger partial charge in [0.2, 0.25) is 17.7 Å². The van der Waals surface area contributed by atoms with Crippen LogP contribution in [0.2, 0.25) is 0 Å². The summed E-state index contributed by atoms with van der Waals surface area (Å²) < 4.78 is 21.4. The van der Waals surface area contributed by atoms with Crippen LogP contribution in [0.5, 0.6) is 17.2 Å². The smallest absolute Gasteiger partial charge is 0.248 e. The molecule has 3 aromatic rings. The van der Waals surface area contributed by atoms with E-state index in [0.29, 0.717) is 28.6 Å². The number of carbonyl (C=O) groups is 3. The van der Waals surface area contributed by atoms with Crippen LogP contribution in [0, 0.1) is 6.92 Å². The van der Waals surface area contributed by atoms with Gasteiger partial charge in [-0.05, 0) is 51.5 Å². The molecule has 2 aromatic carbocycles. The van der Waals surface area contributed by atoms with Crippen molar-refractivity contribution >= 4 is 23.5 Å². The van der Waals surface area contributed by atoms with E-state index in [4.69, 9.17) is 18.7 Å². The van der Waals surface area contributed by atoms with Crippen LogP contribution in [0.4, 0.5) is 5.82 Å². The number of para-hydroxylation sites is 1. The molecule has 41 heavy (non-hydrogen) atoms. The topological polar surface area (TPSA) is 132 Å². The monoisotopic (exact) mass is 566 g/mol. The molecule has 0 fully saturated rings. The molecule has 0 unspecified atom stereocenters. The number of anilines is 1. The highest BCUT2D eigenvalue weighted by molar-refractivity contribution is 5.94. The van der Waals surface area contributed by atoms with E-state index in [-0.39, 0.29) is 25.2 Å². The summed E-state index contributed by atoms with van der Waals surface area (Å²) in [4.78, 5) is 41.9. The van der Waals surface area contributed by atoms with E-state index in [1.54, 1.807) is 50.4 Å². The van der Waals surface area contributed by atoms with Gasteiger partial charge in [0.25, 0.3) is 0 Å². The van der Waals surface area contributed by atoms with Crippen LogP contribution < -0.4 is 24.8 Å². The number of aryl methyl sites for hydroxylation is 1. The fourth-order valence-electron chi connectivity index (χ4n) is 4.26. The third-order valence-corrected chi connectivity index (χ3v) is 6.08. The highest BCUT2D eigenvalue weighted by Gasteiger charge is 2.36. The maximum atomic E-state index is 13.9. The van der Waals surface area contributed by atoms with Crippen molar-refractivity contribution in [1.29, 1.82) is 0 Å². The van der Waals surface area contributed by atoms with Gasteiger partial charge in [0.15, 0.2) is 17.3 Å². The fourth-order valence-corrected chi connectivity index (χ4v) is 4.26. The van der Waals surface area contributed by atoms with Crippen LogP contribution in [0.3, 0.4) is 0 Å². The summed E-state index contributed by atoms with van der Waals surface area (Å²) in [5.41, 5.74) is 0.612. The third kappa shape index (κ3) is 8.47. The summed E-state index contributed by atoms with van der Waals surface area (Å²) in [6, 6.07) is 12.9. The van der Waals surface area contributed by atoms with Crippen molar-refractivity contribution in [1.82, 2.24) is 15.4 Å². The van der Waals surface area contributed by atoms with E-state index in [1.165, 1.54) is 19.1 Å². The summed E-state index contributed by atoms with van der Waals surface area (Å²) in [5.74, 6) is 0.974. The van der Waals surface area contributed by atoms with Crippen LogP contribution in [-0.2, 0) is 20.9 Å². The molecule has 3 rings (SSSR count). The second-order valence-corrected chi connectivity index (χ2v) is 10.5. The summed E-state index contributed by atoms with van der Waals surface area (Å²) in [5, 5.41) is 9.38. The molecule has 220 valence electrons. The summed E-state index contributed by atoms with van der Waals surface area (Å²) in [6.07, 6.45) is -0.295. The molecular weight excluding hydrogens is 528 g/mol. The molecule has 1 heterocycles. The normalized spacial score (nSPS) is 11.8. The SMILES string of the molecule is COc1ccc(CN(C(=O)CCC(=O)Nc2cc(C)on2)[C@@H](C(=O)NC(C)(C)C)c2cccc(OC)c2OC)cc1. The number of nitrogens with one attached hydrogen (secondary N) is 2. The Morgan fingerprint density at radius 2 is 1.68 bits per heavy atom. The number of hydrogen-bond acceptors (Lipinski definition) is 8. The molecule has 2 N–H and O–H groups in total. The molecule has 0 aliphatic heterocycles. The summed E-state index contributed by atoms with van der Waals surface area (Å²) in [6.45, 7) is 7.36. The minimum absolute atomic E-state index is 0.0789. The third-order valence-electron chi connectivity index (χ3n) is 6.08. The highest BCUT2D eigenvalue weighted by atomic mass is 16.5. The molecule has 0 aliphatic carbocycles. The van der Waals surface area contributed by atoms with E-state index in [9.17, 15) is 14.4 Å². The zero-order valence-corrected chi connectivity index (χ0v) is 24.6. The summed E-state index contributed by atoms with van der Waals surface area (Å²) in [7, 11) is 4.55. The second-order valence-electron chi connectivity index (χ2n) is 10.5. The number of carbonyl (C=O) groups excluding carboxylic acids is 3. The van der Waals surface area contributed by atoms with Crippen molar-refractivity contribution in [2.45, 2.75) is 58.7 Å². The number of rotatable bonds is 12. The minimum Gasteiger partial charge on any atom is -0.497 e. The van der Waals surface area contributed by atoms with Crippen molar-refractivity contribution in [2.75, 3.05) is 26.6 Å². The second kappa shape index (κ2) is 13.7. The molecule has 0 saturated heterocycles.